The molecule has 1 aliphatic rings. The van der Waals surface area contributed by atoms with Gasteiger partial charge in [0.2, 0.25) is 0 Å². The summed E-state index contributed by atoms with van der Waals surface area (Å²) >= 11 is 3.51. The molecule has 0 saturated carbocycles. The first-order valence-corrected chi connectivity index (χ1v) is 7.23. The molecule has 0 N–H and O–H groups in total. The fourth-order valence-electron chi connectivity index (χ4n) is 2.20. The van der Waals surface area contributed by atoms with E-state index < -0.39 is 0 Å². The van der Waals surface area contributed by atoms with E-state index in [0.717, 1.165) is 44.6 Å². The molecule has 0 aromatic carbocycles. The summed E-state index contributed by atoms with van der Waals surface area (Å²) in [6, 6.07) is 0. The lowest BCUT2D eigenvalue weighted by atomic mass is 10.1. The molecule has 0 amide bonds. The van der Waals surface area contributed by atoms with Crippen LogP contribution in [0.25, 0.3) is 0 Å². The van der Waals surface area contributed by atoms with Crippen molar-refractivity contribution in [3.05, 3.63) is 0 Å². The monoisotopic (exact) mass is 293 g/mol. The van der Waals surface area contributed by atoms with Gasteiger partial charge in [0.25, 0.3) is 0 Å². The van der Waals surface area contributed by atoms with Gasteiger partial charge < -0.3 is 9.47 Å². The average Bonchev–Trinajstić information content (AvgIpc) is 2.22. The van der Waals surface area contributed by atoms with Crippen LogP contribution in [0.1, 0.15) is 27.2 Å². The predicted molar refractivity (Wildman–Crippen MR) is 70.3 cm³/mol. The third-order valence-electron chi connectivity index (χ3n) is 2.69. The molecule has 16 heavy (non-hydrogen) atoms. The van der Waals surface area contributed by atoms with Gasteiger partial charge in [-0.2, -0.15) is 0 Å². The minimum absolute atomic E-state index is 0.0255. The molecular formula is C12H24BrNO2. The molecule has 1 heterocycles. The zero-order valence-corrected chi connectivity index (χ0v) is 12.3. The van der Waals surface area contributed by atoms with Crippen LogP contribution in [0, 0.1) is 0 Å². The SMILES string of the molecule is CCOCCCN1CC(CBr)OC(C)(C)C1. The van der Waals surface area contributed by atoms with E-state index in [0.29, 0.717) is 6.10 Å². The van der Waals surface area contributed by atoms with Crippen molar-refractivity contribution >= 4 is 15.9 Å². The standard InChI is InChI=1S/C12H24BrNO2/c1-4-15-7-5-6-14-9-11(8-13)16-12(2,3)10-14/h11H,4-10H2,1-3H3. The molecule has 1 unspecified atom stereocenters. The van der Waals surface area contributed by atoms with Gasteiger partial charge in [-0.1, -0.05) is 15.9 Å². The summed E-state index contributed by atoms with van der Waals surface area (Å²) in [6.45, 7) is 11.2. The second kappa shape index (κ2) is 6.94. The molecule has 1 saturated heterocycles. The van der Waals surface area contributed by atoms with E-state index in [9.17, 15) is 0 Å². The number of morpholine rings is 1. The topological polar surface area (TPSA) is 21.7 Å². The van der Waals surface area contributed by atoms with E-state index in [1.165, 1.54) is 0 Å². The highest BCUT2D eigenvalue weighted by molar-refractivity contribution is 9.09. The molecule has 3 nitrogen and oxygen atoms in total. The van der Waals surface area contributed by atoms with Crippen LogP contribution < -0.4 is 0 Å². The molecule has 1 rings (SSSR count). The molecule has 0 aliphatic carbocycles. The number of nitrogens with zero attached hydrogens (tertiary/aromatic N) is 1. The molecule has 4 heteroatoms. The number of rotatable bonds is 6. The lowest BCUT2D eigenvalue weighted by molar-refractivity contribution is -0.127. The van der Waals surface area contributed by atoms with Gasteiger partial charge in [-0.25, -0.2) is 0 Å². The highest BCUT2D eigenvalue weighted by Crippen LogP contribution is 2.21. The Kier molecular flexibility index (Phi) is 6.26. The summed E-state index contributed by atoms with van der Waals surface area (Å²) in [4.78, 5) is 2.48. The van der Waals surface area contributed by atoms with Crippen LogP contribution in [0.4, 0.5) is 0 Å². The third kappa shape index (κ3) is 5.13. The Morgan fingerprint density at radius 1 is 1.50 bits per heavy atom. The van der Waals surface area contributed by atoms with Crippen molar-refractivity contribution in [2.45, 2.75) is 38.9 Å². The van der Waals surface area contributed by atoms with Gasteiger partial charge in [0.1, 0.15) is 0 Å². The van der Waals surface area contributed by atoms with Crippen LogP contribution >= 0.6 is 15.9 Å². The third-order valence-corrected chi connectivity index (χ3v) is 3.41. The minimum atomic E-state index is -0.0255. The van der Waals surface area contributed by atoms with Crippen LogP contribution in [-0.2, 0) is 9.47 Å². The summed E-state index contributed by atoms with van der Waals surface area (Å²) < 4.78 is 11.3. The maximum Gasteiger partial charge on any atom is 0.0806 e. The van der Waals surface area contributed by atoms with E-state index in [1.54, 1.807) is 0 Å². The Morgan fingerprint density at radius 2 is 2.25 bits per heavy atom. The van der Waals surface area contributed by atoms with Crippen LogP contribution in [0.3, 0.4) is 0 Å². The summed E-state index contributed by atoms with van der Waals surface area (Å²) in [5, 5.41) is 0.915. The van der Waals surface area contributed by atoms with Gasteiger partial charge in [-0.3, -0.25) is 4.90 Å². The van der Waals surface area contributed by atoms with Crippen molar-refractivity contribution in [1.29, 1.82) is 0 Å². The van der Waals surface area contributed by atoms with E-state index >= 15 is 0 Å². The first-order chi connectivity index (χ1) is 7.57. The van der Waals surface area contributed by atoms with Gasteiger partial charge >= 0.3 is 0 Å². The molecule has 0 aromatic rings. The largest absolute Gasteiger partial charge is 0.382 e. The molecule has 96 valence electrons. The fourth-order valence-corrected chi connectivity index (χ4v) is 2.54. The van der Waals surface area contributed by atoms with Gasteiger partial charge in [0.05, 0.1) is 11.7 Å². The summed E-state index contributed by atoms with van der Waals surface area (Å²) in [5.74, 6) is 0. The lowest BCUT2D eigenvalue weighted by Gasteiger charge is -2.42. The van der Waals surface area contributed by atoms with Crippen LogP contribution in [0.15, 0.2) is 0 Å². The normalized spacial score (nSPS) is 25.9. The van der Waals surface area contributed by atoms with Gasteiger partial charge in [0.15, 0.2) is 0 Å². The lowest BCUT2D eigenvalue weighted by Crippen LogP contribution is -2.53. The molecule has 0 radical (unpaired) electrons. The van der Waals surface area contributed by atoms with E-state index in [1.807, 2.05) is 6.92 Å². The van der Waals surface area contributed by atoms with Crippen molar-refractivity contribution in [2.24, 2.45) is 0 Å². The highest BCUT2D eigenvalue weighted by atomic mass is 79.9. The molecule has 1 aliphatic heterocycles. The smallest absolute Gasteiger partial charge is 0.0806 e. The second-order valence-electron chi connectivity index (χ2n) is 4.94. The first kappa shape index (κ1) is 14.4. The van der Waals surface area contributed by atoms with Gasteiger partial charge in [0, 0.05) is 38.2 Å². The van der Waals surface area contributed by atoms with E-state index in [2.05, 4.69) is 34.7 Å². The zero-order chi connectivity index (χ0) is 12.0. The Labute approximate surface area is 108 Å². The predicted octanol–water partition coefficient (Wildman–Crippen LogP) is 2.29. The number of hydrogen-bond donors (Lipinski definition) is 0. The van der Waals surface area contributed by atoms with Crippen LogP contribution in [0.2, 0.25) is 0 Å². The first-order valence-electron chi connectivity index (χ1n) is 6.11. The van der Waals surface area contributed by atoms with Crippen molar-refractivity contribution in [1.82, 2.24) is 4.90 Å². The van der Waals surface area contributed by atoms with Crippen LogP contribution in [-0.4, -0.2) is 54.8 Å². The maximum atomic E-state index is 5.96. The average molecular weight is 294 g/mol. The molecule has 1 fully saturated rings. The zero-order valence-electron chi connectivity index (χ0n) is 10.7. The molecule has 1 atom stereocenters. The molecule has 0 aromatic heterocycles. The summed E-state index contributed by atoms with van der Waals surface area (Å²) in [7, 11) is 0. The maximum absolute atomic E-state index is 5.96. The van der Waals surface area contributed by atoms with Crippen molar-refractivity contribution in [3.8, 4) is 0 Å². The van der Waals surface area contributed by atoms with Crippen molar-refractivity contribution < 1.29 is 9.47 Å². The number of alkyl halides is 1. The van der Waals surface area contributed by atoms with E-state index in [4.69, 9.17) is 9.47 Å². The second-order valence-corrected chi connectivity index (χ2v) is 5.59. The quantitative estimate of drug-likeness (QED) is 0.554. The summed E-state index contributed by atoms with van der Waals surface area (Å²) in [6.07, 6.45) is 1.43. The Hall–Kier alpha value is 0.360. The minimum Gasteiger partial charge on any atom is -0.382 e. The Balaban J connectivity index is 2.29. The number of ether oxygens (including phenoxy) is 2. The Morgan fingerprint density at radius 3 is 2.88 bits per heavy atom. The highest BCUT2D eigenvalue weighted by Gasteiger charge is 2.32. The van der Waals surface area contributed by atoms with Crippen molar-refractivity contribution in [2.75, 3.05) is 38.2 Å². The molecule has 0 bridgehead atoms. The number of hydrogen-bond acceptors (Lipinski definition) is 3. The summed E-state index contributed by atoms with van der Waals surface area (Å²) in [5.41, 5.74) is -0.0255. The molecular weight excluding hydrogens is 270 g/mol. The van der Waals surface area contributed by atoms with Crippen molar-refractivity contribution in [3.63, 3.8) is 0 Å². The Bertz CT molecular complexity index is 199. The number of halogens is 1. The van der Waals surface area contributed by atoms with Gasteiger partial charge in [-0.15, -0.1) is 0 Å². The van der Waals surface area contributed by atoms with Gasteiger partial charge in [-0.05, 0) is 27.2 Å². The van der Waals surface area contributed by atoms with E-state index in [-0.39, 0.29) is 5.60 Å². The fraction of sp³-hybridized carbons (Fsp3) is 1.00. The molecule has 0 spiro atoms. The van der Waals surface area contributed by atoms with Crippen LogP contribution in [0.5, 0.6) is 0 Å².